The minimum Gasteiger partial charge on any atom is -0.282 e. The number of benzene rings is 4. The summed E-state index contributed by atoms with van der Waals surface area (Å²) in [6.07, 6.45) is 14.5. The number of pyridine rings is 3. The van der Waals surface area contributed by atoms with E-state index >= 15 is 0 Å². The normalized spacial score (nSPS) is 16.7. The number of dihydropyridines is 1. The SMILES string of the molecule is C1=CC2C=C(c3ccccc3-c3ccccc3-c3ccccc3-c3cnc4c(ccc5cccnc54)c3)C=NC2c2ncccc21. The molecule has 4 heterocycles. The topological polar surface area (TPSA) is 51.0 Å². The summed E-state index contributed by atoms with van der Waals surface area (Å²) >= 11 is 0. The molecule has 4 nitrogen and oxygen atoms in total. The van der Waals surface area contributed by atoms with Crippen molar-refractivity contribution in [3.8, 4) is 33.4 Å². The Morgan fingerprint density at radius 2 is 1.15 bits per heavy atom. The molecule has 2 aliphatic rings. The highest BCUT2D eigenvalue weighted by Gasteiger charge is 2.28. The van der Waals surface area contributed by atoms with Crippen LogP contribution in [0.15, 0.2) is 151 Å². The minimum atomic E-state index is 0.0145. The summed E-state index contributed by atoms with van der Waals surface area (Å²) in [7, 11) is 0. The highest BCUT2D eigenvalue weighted by atomic mass is 14.9. The number of allylic oxidation sites excluding steroid dienone is 1. The molecule has 0 fully saturated rings. The molecule has 216 valence electrons. The Kier molecular flexibility index (Phi) is 6.24. The van der Waals surface area contributed by atoms with Gasteiger partial charge in [-0.3, -0.25) is 19.9 Å². The quantitative estimate of drug-likeness (QED) is 0.192. The second-order valence-corrected chi connectivity index (χ2v) is 11.8. The van der Waals surface area contributed by atoms with Crippen LogP contribution < -0.4 is 0 Å². The molecule has 0 saturated heterocycles. The summed E-state index contributed by atoms with van der Waals surface area (Å²) in [5.74, 6) is 0.166. The standard InChI is InChI=1S/C42H28N4/c1-3-13-35(33(11-1)31-23-29-19-17-27-9-7-21-43-39(27)41(29)45-25-31)37-15-5-6-16-38(37)36-14-4-2-12-34(36)32-24-30-20-18-28-10-8-22-44-40(28)42(30)46-26-32/h1-26,29,41H. The fraction of sp³-hybridized carbons (Fsp3) is 0.0476. The van der Waals surface area contributed by atoms with Crippen molar-refractivity contribution < 1.29 is 0 Å². The van der Waals surface area contributed by atoms with Crippen molar-refractivity contribution in [2.45, 2.75) is 6.04 Å². The highest BCUT2D eigenvalue weighted by Crippen LogP contribution is 2.43. The molecule has 9 rings (SSSR count). The molecule has 2 atom stereocenters. The lowest BCUT2D eigenvalue weighted by molar-refractivity contribution is 0.596. The predicted octanol–water partition coefficient (Wildman–Crippen LogP) is 10.0. The number of aliphatic imine (C=N–C) groups is 1. The molecule has 1 aliphatic heterocycles. The van der Waals surface area contributed by atoms with Crippen molar-refractivity contribution in [2.24, 2.45) is 10.9 Å². The summed E-state index contributed by atoms with van der Waals surface area (Å²) in [5, 5.41) is 2.17. The largest absolute Gasteiger partial charge is 0.282 e. The Morgan fingerprint density at radius 3 is 1.96 bits per heavy atom. The van der Waals surface area contributed by atoms with Gasteiger partial charge in [0.1, 0.15) is 6.04 Å². The van der Waals surface area contributed by atoms with Gasteiger partial charge in [0, 0.05) is 47.1 Å². The Labute approximate surface area is 267 Å². The molecule has 0 amide bonds. The summed E-state index contributed by atoms with van der Waals surface area (Å²) in [6, 6.07) is 40.6. The zero-order chi connectivity index (χ0) is 30.5. The van der Waals surface area contributed by atoms with Gasteiger partial charge in [-0.1, -0.05) is 115 Å². The van der Waals surface area contributed by atoms with Crippen LogP contribution in [0.2, 0.25) is 0 Å². The first-order valence-electron chi connectivity index (χ1n) is 15.6. The van der Waals surface area contributed by atoms with E-state index in [1.165, 1.54) is 22.3 Å². The van der Waals surface area contributed by atoms with Crippen molar-refractivity contribution in [3.63, 3.8) is 0 Å². The summed E-state index contributed by atoms with van der Waals surface area (Å²) in [4.78, 5) is 19.3. The Hall–Kier alpha value is -6.00. The van der Waals surface area contributed by atoms with Gasteiger partial charge in [0.25, 0.3) is 0 Å². The van der Waals surface area contributed by atoms with Crippen molar-refractivity contribution in [3.05, 3.63) is 163 Å². The molecule has 3 aromatic heterocycles. The molecule has 2 unspecified atom stereocenters. The van der Waals surface area contributed by atoms with Crippen LogP contribution in [-0.2, 0) is 0 Å². The van der Waals surface area contributed by atoms with Gasteiger partial charge in [-0.05, 0) is 62.7 Å². The van der Waals surface area contributed by atoms with Gasteiger partial charge in [-0.15, -0.1) is 0 Å². The first-order valence-corrected chi connectivity index (χ1v) is 15.6. The number of rotatable bonds is 4. The van der Waals surface area contributed by atoms with Crippen molar-refractivity contribution in [2.75, 3.05) is 0 Å². The van der Waals surface area contributed by atoms with E-state index in [4.69, 9.17) is 9.98 Å². The van der Waals surface area contributed by atoms with Crippen LogP contribution in [0.3, 0.4) is 0 Å². The van der Waals surface area contributed by atoms with E-state index in [1.54, 1.807) is 0 Å². The van der Waals surface area contributed by atoms with Crippen LogP contribution in [0.1, 0.15) is 22.9 Å². The van der Waals surface area contributed by atoms with Crippen molar-refractivity contribution >= 4 is 39.7 Å². The van der Waals surface area contributed by atoms with Gasteiger partial charge in [0.05, 0.1) is 16.7 Å². The van der Waals surface area contributed by atoms with Crippen molar-refractivity contribution in [1.82, 2.24) is 15.0 Å². The van der Waals surface area contributed by atoms with Gasteiger partial charge in [0.2, 0.25) is 0 Å². The van der Waals surface area contributed by atoms with Crippen LogP contribution in [0, 0.1) is 5.92 Å². The van der Waals surface area contributed by atoms with E-state index in [2.05, 4.69) is 131 Å². The van der Waals surface area contributed by atoms with E-state index in [0.29, 0.717) is 0 Å². The molecule has 0 bridgehead atoms. The molecule has 46 heavy (non-hydrogen) atoms. The molecule has 0 N–H and O–H groups in total. The summed E-state index contributed by atoms with van der Waals surface area (Å²) in [5.41, 5.74) is 13.3. The summed E-state index contributed by atoms with van der Waals surface area (Å²) in [6.45, 7) is 0. The van der Waals surface area contributed by atoms with E-state index < -0.39 is 0 Å². The van der Waals surface area contributed by atoms with E-state index in [-0.39, 0.29) is 12.0 Å². The van der Waals surface area contributed by atoms with Gasteiger partial charge < -0.3 is 0 Å². The lowest BCUT2D eigenvalue weighted by Crippen LogP contribution is -2.17. The van der Waals surface area contributed by atoms with Gasteiger partial charge in [0.15, 0.2) is 0 Å². The minimum absolute atomic E-state index is 0.0145. The van der Waals surface area contributed by atoms with Gasteiger partial charge in [-0.2, -0.15) is 0 Å². The zero-order valence-corrected chi connectivity index (χ0v) is 25.0. The summed E-state index contributed by atoms with van der Waals surface area (Å²) < 4.78 is 0. The molecule has 0 radical (unpaired) electrons. The zero-order valence-electron chi connectivity index (χ0n) is 25.0. The molecule has 1 aliphatic carbocycles. The van der Waals surface area contributed by atoms with Crippen LogP contribution in [-0.4, -0.2) is 21.2 Å². The predicted molar refractivity (Wildman–Crippen MR) is 189 cm³/mol. The van der Waals surface area contributed by atoms with E-state index in [9.17, 15) is 0 Å². The fourth-order valence-corrected chi connectivity index (χ4v) is 6.98. The maximum atomic E-state index is 5.05. The Morgan fingerprint density at radius 1 is 0.522 bits per heavy atom. The molecule has 0 spiro atoms. The monoisotopic (exact) mass is 588 g/mol. The number of fused-ring (bicyclic) bond motifs is 6. The second kappa shape index (κ2) is 10.9. The average Bonchev–Trinajstić information content (AvgIpc) is 3.14. The molecule has 4 heteroatoms. The highest BCUT2D eigenvalue weighted by molar-refractivity contribution is 6.14. The van der Waals surface area contributed by atoms with Crippen LogP contribution in [0.4, 0.5) is 0 Å². The van der Waals surface area contributed by atoms with Crippen LogP contribution >= 0.6 is 0 Å². The number of aromatic nitrogens is 3. The molecule has 4 aromatic carbocycles. The van der Waals surface area contributed by atoms with Crippen LogP contribution in [0.5, 0.6) is 0 Å². The Bertz CT molecular complexity index is 2400. The molecule has 0 saturated carbocycles. The lowest BCUT2D eigenvalue weighted by Gasteiger charge is -2.27. The van der Waals surface area contributed by atoms with Gasteiger partial charge >= 0.3 is 0 Å². The third-order valence-electron chi connectivity index (χ3n) is 9.17. The number of nitrogens with zero attached hydrogens (tertiary/aromatic N) is 4. The average molecular weight is 589 g/mol. The third-order valence-corrected chi connectivity index (χ3v) is 9.17. The van der Waals surface area contributed by atoms with E-state index in [0.717, 1.165) is 55.3 Å². The molecule has 7 aromatic rings. The van der Waals surface area contributed by atoms with Crippen LogP contribution in [0.25, 0.3) is 66.8 Å². The fourth-order valence-electron chi connectivity index (χ4n) is 6.98. The smallest absolute Gasteiger partial charge is 0.102 e. The first kappa shape index (κ1) is 26.4. The van der Waals surface area contributed by atoms with Gasteiger partial charge in [-0.25, -0.2) is 0 Å². The van der Waals surface area contributed by atoms with E-state index in [1.807, 2.05) is 36.9 Å². The second-order valence-electron chi connectivity index (χ2n) is 11.8. The maximum Gasteiger partial charge on any atom is 0.102 e. The molecular weight excluding hydrogens is 560 g/mol. The maximum absolute atomic E-state index is 5.05. The third kappa shape index (κ3) is 4.38. The number of hydrogen-bond acceptors (Lipinski definition) is 4. The van der Waals surface area contributed by atoms with Crippen molar-refractivity contribution in [1.29, 1.82) is 0 Å². The number of hydrogen-bond donors (Lipinski definition) is 0. The first-order chi connectivity index (χ1) is 22.8. The lowest BCUT2D eigenvalue weighted by atomic mass is 9.82. The Balaban J connectivity index is 1.15. The molecular formula is C42H28N4.